The topological polar surface area (TPSA) is 66.4 Å². The lowest BCUT2D eigenvalue weighted by Crippen LogP contribution is -2.07. The smallest absolute Gasteiger partial charge is 0.275 e. The summed E-state index contributed by atoms with van der Waals surface area (Å²) in [5.41, 5.74) is 8.61. The van der Waals surface area contributed by atoms with E-state index in [2.05, 4.69) is 96.1 Å². The third-order valence-corrected chi connectivity index (χ3v) is 11.3. The Labute approximate surface area is 340 Å². The van der Waals surface area contributed by atoms with Crippen LogP contribution in [0, 0.1) is 20.8 Å². The first-order valence-electron chi connectivity index (χ1n) is 19.4. The molecule has 3 atom stereocenters. The van der Waals surface area contributed by atoms with Crippen LogP contribution in [0.5, 0.6) is 23.0 Å². The van der Waals surface area contributed by atoms with Crippen LogP contribution in [0.25, 0.3) is 32.7 Å². The van der Waals surface area contributed by atoms with Gasteiger partial charge in [-0.2, -0.15) is 0 Å². The standard InChI is InChI=1S/C49H50O6P2/c1-30(2)38-23-18-33(6)26-44(38)53-56-52-43-25-22-36-12-8-10-14-40(36)46(43)47-41-15-11-9-13-37(41)28-42(49(50)51-29-35-20-16-32(5)17-21-35)48(47)55-57-54-45-27-34(7)19-24-39(45)31(3)4/h8-28,30-31,49-50,56-57H,29H2,1-7H3. The number of aliphatic hydroxyl groups excluding tert-OH is 1. The molecule has 6 nitrogen and oxygen atoms in total. The highest BCUT2D eigenvalue weighted by Crippen LogP contribution is 2.51. The summed E-state index contributed by atoms with van der Waals surface area (Å²) < 4.78 is 32.6. The predicted molar refractivity (Wildman–Crippen MR) is 237 cm³/mol. The fourth-order valence-electron chi connectivity index (χ4n) is 7.07. The maximum atomic E-state index is 12.0. The highest BCUT2D eigenvalue weighted by atomic mass is 31.1. The Hall–Kier alpha value is -4.96. The lowest BCUT2D eigenvalue weighted by molar-refractivity contribution is -0.112. The van der Waals surface area contributed by atoms with Crippen molar-refractivity contribution in [1.29, 1.82) is 0 Å². The summed E-state index contributed by atoms with van der Waals surface area (Å²) in [6.07, 6.45) is -1.32. The minimum atomic E-state index is -1.32. The maximum Gasteiger partial charge on any atom is 0.275 e. The van der Waals surface area contributed by atoms with Crippen molar-refractivity contribution in [1.82, 2.24) is 0 Å². The summed E-state index contributed by atoms with van der Waals surface area (Å²) >= 11 is 0. The molecule has 0 amide bonds. The first kappa shape index (κ1) is 40.2. The van der Waals surface area contributed by atoms with E-state index in [1.807, 2.05) is 79.7 Å². The Kier molecular flexibility index (Phi) is 12.8. The minimum absolute atomic E-state index is 0.210. The molecule has 57 heavy (non-hydrogen) atoms. The van der Waals surface area contributed by atoms with Gasteiger partial charge in [0.15, 0.2) is 6.29 Å². The quantitative estimate of drug-likeness (QED) is 0.0823. The SMILES string of the molecule is Cc1ccc(COC(O)c2cc3ccccc3c(-c3c(OPOc4cc(C)ccc4C(C)C)ccc4ccccc34)c2OPOc2cc(C)ccc2C(C)C)cc1. The summed E-state index contributed by atoms with van der Waals surface area (Å²) in [5, 5.41) is 15.8. The summed E-state index contributed by atoms with van der Waals surface area (Å²) in [5.74, 6) is 3.20. The van der Waals surface area contributed by atoms with Crippen LogP contribution < -0.4 is 18.1 Å². The monoisotopic (exact) mass is 796 g/mol. The van der Waals surface area contributed by atoms with Crippen LogP contribution >= 0.6 is 18.1 Å². The van der Waals surface area contributed by atoms with Gasteiger partial charge in [0, 0.05) is 11.1 Å². The molecule has 7 aromatic rings. The van der Waals surface area contributed by atoms with Crippen molar-refractivity contribution >= 4 is 39.6 Å². The fraction of sp³-hybridized carbons (Fsp3) is 0.224. The van der Waals surface area contributed by atoms with Crippen LogP contribution in [-0.2, 0) is 11.3 Å². The van der Waals surface area contributed by atoms with E-state index in [9.17, 15) is 5.11 Å². The van der Waals surface area contributed by atoms with Gasteiger partial charge >= 0.3 is 0 Å². The van der Waals surface area contributed by atoms with Gasteiger partial charge in [0.2, 0.25) is 0 Å². The molecule has 1 N–H and O–H groups in total. The summed E-state index contributed by atoms with van der Waals surface area (Å²) in [4.78, 5) is 0. The predicted octanol–water partition coefficient (Wildman–Crippen LogP) is 14.0. The molecule has 7 rings (SSSR count). The molecule has 0 saturated heterocycles. The Morgan fingerprint density at radius 3 is 1.63 bits per heavy atom. The first-order valence-corrected chi connectivity index (χ1v) is 21.0. The molecule has 0 saturated carbocycles. The van der Waals surface area contributed by atoms with Gasteiger partial charge in [0.05, 0.1) is 12.2 Å². The Morgan fingerprint density at radius 1 is 0.491 bits per heavy atom. The molecule has 0 radical (unpaired) electrons. The van der Waals surface area contributed by atoms with Crippen LogP contribution in [0.1, 0.15) is 84.8 Å². The Balaban J connectivity index is 1.36. The number of aryl methyl sites for hydroxylation is 3. The molecule has 292 valence electrons. The zero-order chi connectivity index (χ0) is 40.1. The lowest BCUT2D eigenvalue weighted by Gasteiger charge is -2.24. The van der Waals surface area contributed by atoms with Gasteiger partial charge < -0.3 is 27.9 Å². The number of hydrogen-bond acceptors (Lipinski definition) is 6. The van der Waals surface area contributed by atoms with Crippen molar-refractivity contribution in [3.8, 4) is 34.1 Å². The number of hydrogen-bond donors (Lipinski definition) is 1. The molecule has 7 aromatic carbocycles. The molecule has 0 spiro atoms. The first-order chi connectivity index (χ1) is 27.6. The average molecular weight is 797 g/mol. The molecule has 0 fully saturated rings. The second-order valence-corrected chi connectivity index (χ2v) is 16.3. The van der Waals surface area contributed by atoms with Gasteiger partial charge in [0.25, 0.3) is 18.1 Å². The molecule has 0 aliphatic carbocycles. The number of benzene rings is 7. The molecular formula is C49H50O6P2. The lowest BCUT2D eigenvalue weighted by atomic mass is 9.90. The van der Waals surface area contributed by atoms with Gasteiger partial charge in [-0.05, 0) is 106 Å². The van der Waals surface area contributed by atoms with Gasteiger partial charge in [-0.15, -0.1) is 0 Å². The van der Waals surface area contributed by atoms with E-state index < -0.39 is 15.3 Å². The molecule has 0 bridgehead atoms. The van der Waals surface area contributed by atoms with Crippen LogP contribution in [-0.4, -0.2) is 5.11 Å². The van der Waals surface area contributed by atoms with E-state index in [-0.39, 0.29) is 27.5 Å². The highest BCUT2D eigenvalue weighted by molar-refractivity contribution is 7.27. The zero-order valence-electron chi connectivity index (χ0n) is 33.6. The Bertz CT molecular complexity index is 2490. The number of rotatable bonds is 15. The van der Waals surface area contributed by atoms with E-state index in [1.165, 1.54) is 0 Å². The van der Waals surface area contributed by atoms with Crippen molar-refractivity contribution in [2.75, 3.05) is 0 Å². The second-order valence-electron chi connectivity index (χ2n) is 15.2. The normalized spacial score (nSPS) is 12.5. The Morgan fingerprint density at radius 2 is 1.02 bits per heavy atom. The van der Waals surface area contributed by atoms with Crippen molar-refractivity contribution in [2.45, 2.75) is 73.2 Å². The molecule has 0 aliphatic heterocycles. The number of fused-ring (bicyclic) bond motifs is 2. The average Bonchev–Trinajstić information content (AvgIpc) is 3.20. The van der Waals surface area contributed by atoms with Crippen LogP contribution in [0.3, 0.4) is 0 Å². The zero-order valence-corrected chi connectivity index (χ0v) is 35.6. The van der Waals surface area contributed by atoms with Gasteiger partial charge in [0.1, 0.15) is 23.0 Å². The molecule has 0 aliphatic rings. The maximum absolute atomic E-state index is 12.0. The fourth-order valence-corrected chi connectivity index (χ4v) is 8.25. The van der Waals surface area contributed by atoms with Gasteiger partial charge in [-0.1, -0.05) is 136 Å². The third kappa shape index (κ3) is 9.27. The summed E-state index contributed by atoms with van der Waals surface area (Å²) in [7, 11) is -0.759. The van der Waals surface area contributed by atoms with Crippen LogP contribution in [0.4, 0.5) is 0 Å². The molecular weight excluding hydrogens is 746 g/mol. The third-order valence-electron chi connectivity index (χ3n) is 10.1. The minimum Gasteiger partial charge on any atom is -0.440 e. The molecule has 8 heteroatoms. The van der Waals surface area contributed by atoms with E-state index in [1.54, 1.807) is 0 Å². The molecule has 0 aromatic heterocycles. The van der Waals surface area contributed by atoms with E-state index in [0.717, 1.165) is 77.6 Å². The van der Waals surface area contributed by atoms with Crippen molar-refractivity contribution in [2.24, 2.45) is 0 Å². The molecule has 0 heterocycles. The van der Waals surface area contributed by atoms with E-state index >= 15 is 0 Å². The van der Waals surface area contributed by atoms with Crippen molar-refractivity contribution in [3.63, 3.8) is 0 Å². The van der Waals surface area contributed by atoms with E-state index in [0.29, 0.717) is 17.1 Å². The summed E-state index contributed by atoms with van der Waals surface area (Å²) in [6.45, 7) is 15.0. The van der Waals surface area contributed by atoms with Crippen molar-refractivity contribution in [3.05, 3.63) is 166 Å². The summed E-state index contributed by atoms with van der Waals surface area (Å²) in [6, 6.07) is 43.0. The number of ether oxygens (including phenoxy) is 1. The van der Waals surface area contributed by atoms with E-state index in [4.69, 9.17) is 22.8 Å². The van der Waals surface area contributed by atoms with Crippen molar-refractivity contribution < 1.29 is 27.9 Å². The second kappa shape index (κ2) is 18.1. The highest BCUT2D eigenvalue weighted by Gasteiger charge is 2.26. The van der Waals surface area contributed by atoms with Crippen LogP contribution in [0.15, 0.2) is 127 Å². The van der Waals surface area contributed by atoms with Crippen LogP contribution in [0.2, 0.25) is 0 Å². The largest absolute Gasteiger partial charge is 0.440 e. The number of aliphatic hydroxyl groups is 1. The van der Waals surface area contributed by atoms with Gasteiger partial charge in [-0.25, -0.2) is 0 Å². The van der Waals surface area contributed by atoms with Gasteiger partial charge in [-0.3, -0.25) is 0 Å². The molecule has 3 unspecified atom stereocenters.